The second kappa shape index (κ2) is 9.41. The summed E-state index contributed by atoms with van der Waals surface area (Å²) in [5.74, 6) is -0.0892. The lowest BCUT2D eigenvalue weighted by Gasteiger charge is -2.44. The first kappa shape index (κ1) is 22.7. The van der Waals surface area contributed by atoms with Crippen LogP contribution in [0.1, 0.15) is 25.0 Å². The fourth-order valence-corrected chi connectivity index (χ4v) is 4.19. The normalized spacial score (nSPS) is 19.7. The topological polar surface area (TPSA) is 58.8 Å². The van der Waals surface area contributed by atoms with Crippen molar-refractivity contribution in [3.8, 4) is 5.75 Å². The number of anilines is 1. The van der Waals surface area contributed by atoms with Gasteiger partial charge in [0.2, 0.25) is 0 Å². The van der Waals surface area contributed by atoms with Crippen LogP contribution in [0.2, 0.25) is 10.0 Å². The molecule has 1 aliphatic heterocycles. The number of piperazine rings is 1. The Morgan fingerprint density at radius 2 is 1.87 bits per heavy atom. The summed E-state index contributed by atoms with van der Waals surface area (Å²) in [4.78, 5) is 16.9. The van der Waals surface area contributed by atoms with Gasteiger partial charge >= 0.3 is 0 Å². The molecule has 162 valence electrons. The number of nitrogens with zero attached hydrogens (tertiary/aromatic N) is 2. The van der Waals surface area contributed by atoms with Crippen LogP contribution in [0.25, 0.3) is 0 Å². The van der Waals surface area contributed by atoms with Gasteiger partial charge < -0.3 is 15.4 Å². The summed E-state index contributed by atoms with van der Waals surface area (Å²) in [7, 11) is 0. The monoisotopic (exact) mass is 453 g/mol. The van der Waals surface area contributed by atoms with Gasteiger partial charge in [0.05, 0.1) is 10.7 Å². The van der Waals surface area contributed by atoms with Crippen LogP contribution >= 0.6 is 23.2 Å². The highest BCUT2D eigenvalue weighted by Gasteiger charge is 2.32. The van der Waals surface area contributed by atoms with Crippen molar-refractivity contribution in [2.24, 2.45) is 0 Å². The molecule has 3 rings (SSSR count). The first-order valence-electron chi connectivity index (χ1n) is 9.82. The second-order valence-electron chi connectivity index (χ2n) is 7.80. The van der Waals surface area contributed by atoms with Crippen molar-refractivity contribution in [2.75, 3.05) is 25.4 Å². The zero-order chi connectivity index (χ0) is 22.0. The van der Waals surface area contributed by atoms with Crippen molar-refractivity contribution >= 4 is 34.8 Å². The summed E-state index contributed by atoms with van der Waals surface area (Å²) >= 11 is 12.4. The number of hydrogen-bond acceptors (Lipinski definition) is 4. The third-order valence-corrected chi connectivity index (χ3v) is 6.35. The van der Waals surface area contributed by atoms with Crippen LogP contribution in [0.3, 0.4) is 0 Å². The quantitative estimate of drug-likeness (QED) is 0.675. The number of amides is 1. The molecule has 2 aromatic carbocycles. The van der Waals surface area contributed by atoms with Crippen LogP contribution in [0.4, 0.5) is 10.1 Å². The van der Waals surface area contributed by atoms with Gasteiger partial charge in [-0.15, -0.1) is 0 Å². The Morgan fingerprint density at radius 1 is 1.20 bits per heavy atom. The van der Waals surface area contributed by atoms with Gasteiger partial charge in [0.15, 0.2) is 12.4 Å². The molecule has 0 saturated carbocycles. The number of carbonyl (C=O) groups excluding carboxylic acids is 1. The van der Waals surface area contributed by atoms with Gasteiger partial charge in [-0.25, -0.2) is 4.39 Å². The molecule has 1 fully saturated rings. The fraction of sp³-hybridized carbons (Fsp3) is 0.409. The Bertz CT molecular complexity index is 924. The van der Waals surface area contributed by atoms with E-state index < -0.39 is 0 Å². The Kier molecular flexibility index (Phi) is 7.11. The van der Waals surface area contributed by atoms with Crippen LogP contribution in [0.5, 0.6) is 5.75 Å². The predicted molar refractivity (Wildman–Crippen MR) is 119 cm³/mol. The average Bonchev–Trinajstić information content (AvgIpc) is 2.70. The van der Waals surface area contributed by atoms with Crippen molar-refractivity contribution < 1.29 is 13.9 Å². The Balaban J connectivity index is 1.61. The van der Waals surface area contributed by atoms with E-state index in [4.69, 9.17) is 33.7 Å². The molecule has 0 aliphatic carbocycles. The first-order valence-corrected chi connectivity index (χ1v) is 10.6. The van der Waals surface area contributed by atoms with Gasteiger partial charge in [-0.05, 0) is 50.1 Å². The summed E-state index contributed by atoms with van der Waals surface area (Å²) < 4.78 is 18.8. The van der Waals surface area contributed by atoms with Gasteiger partial charge in [-0.2, -0.15) is 0 Å². The number of ether oxygens (including phenoxy) is 1. The third kappa shape index (κ3) is 4.99. The zero-order valence-corrected chi connectivity index (χ0v) is 18.8. The van der Waals surface area contributed by atoms with Crippen molar-refractivity contribution in [3.05, 3.63) is 57.3 Å². The van der Waals surface area contributed by atoms with E-state index in [0.29, 0.717) is 40.9 Å². The summed E-state index contributed by atoms with van der Waals surface area (Å²) in [5.41, 5.74) is 7.96. The Hall–Kier alpha value is -2.02. The van der Waals surface area contributed by atoms with Crippen LogP contribution in [0.15, 0.2) is 30.3 Å². The van der Waals surface area contributed by atoms with E-state index in [2.05, 4.69) is 11.8 Å². The number of benzene rings is 2. The summed E-state index contributed by atoms with van der Waals surface area (Å²) in [6, 6.07) is 8.26. The van der Waals surface area contributed by atoms with Crippen LogP contribution in [-0.4, -0.2) is 47.5 Å². The maximum absolute atomic E-state index is 13.1. The molecule has 1 saturated heterocycles. The van der Waals surface area contributed by atoms with Gasteiger partial charge in [-0.1, -0.05) is 35.3 Å². The molecule has 30 heavy (non-hydrogen) atoms. The summed E-state index contributed by atoms with van der Waals surface area (Å²) in [6.07, 6.45) is 0. The number of hydrogen-bond donors (Lipinski definition) is 1. The lowest BCUT2D eigenvalue weighted by molar-refractivity contribution is -0.139. The minimum Gasteiger partial charge on any atom is -0.480 e. The standard InChI is InChI=1S/C22H26Cl2FN3O2/c1-13-10-28(14(2)9-27(13)11-16-4-6-17(25)7-5-16)20(29)12-30-22-19(26)8-18(23)15(3)21(22)24/h4-8,13-14H,9-12,26H2,1-3H3/t13-,14+/m0/s1. The number of nitrogens with two attached hydrogens (primary N) is 1. The van der Waals surface area contributed by atoms with Crippen molar-refractivity contribution in [2.45, 2.75) is 39.4 Å². The Labute approximate surface area is 186 Å². The molecule has 2 aromatic rings. The molecular formula is C22H26Cl2FN3O2. The predicted octanol–water partition coefficient (Wildman–Crippen LogP) is 4.52. The highest BCUT2D eigenvalue weighted by Crippen LogP contribution is 2.38. The van der Waals surface area contributed by atoms with Crippen molar-refractivity contribution in [1.29, 1.82) is 0 Å². The number of carbonyl (C=O) groups is 1. The molecule has 0 radical (unpaired) electrons. The van der Waals surface area contributed by atoms with Crippen LogP contribution < -0.4 is 10.5 Å². The first-order chi connectivity index (χ1) is 14.2. The lowest BCUT2D eigenvalue weighted by atomic mass is 10.1. The van der Waals surface area contributed by atoms with Crippen LogP contribution in [-0.2, 0) is 11.3 Å². The molecule has 0 aromatic heterocycles. The zero-order valence-electron chi connectivity index (χ0n) is 17.3. The van der Waals surface area contributed by atoms with E-state index in [1.54, 1.807) is 25.1 Å². The molecule has 0 spiro atoms. The van der Waals surface area contributed by atoms with Crippen molar-refractivity contribution in [1.82, 2.24) is 9.80 Å². The lowest BCUT2D eigenvalue weighted by Crippen LogP contribution is -2.58. The van der Waals surface area contributed by atoms with E-state index in [9.17, 15) is 9.18 Å². The maximum Gasteiger partial charge on any atom is 0.260 e. The molecular weight excluding hydrogens is 428 g/mol. The van der Waals surface area contributed by atoms with Crippen LogP contribution in [0, 0.1) is 12.7 Å². The molecule has 5 nitrogen and oxygen atoms in total. The molecule has 0 bridgehead atoms. The summed E-state index contributed by atoms with van der Waals surface area (Å²) in [5, 5.41) is 0.772. The van der Waals surface area contributed by atoms with E-state index in [0.717, 1.165) is 5.56 Å². The molecule has 1 heterocycles. The van der Waals surface area contributed by atoms with E-state index in [1.807, 2.05) is 11.8 Å². The van der Waals surface area contributed by atoms with Gasteiger partial charge in [0.25, 0.3) is 5.91 Å². The second-order valence-corrected chi connectivity index (χ2v) is 8.59. The molecule has 1 aliphatic rings. The van der Waals surface area contributed by atoms with Gasteiger partial charge in [0.1, 0.15) is 5.82 Å². The minimum absolute atomic E-state index is 0.0116. The van der Waals surface area contributed by atoms with Crippen molar-refractivity contribution in [3.63, 3.8) is 0 Å². The van der Waals surface area contributed by atoms with E-state index in [1.165, 1.54) is 12.1 Å². The fourth-order valence-electron chi connectivity index (χ4n) is 3.67. The van der Waals surface area contributed by atoms with E-state index >= 15 is 0 Å². The molecule has 1 amide bonds. The average molecular weight is 454 g/mol. The number of rotatable bonds is 5. The largest absolute Gasteiger partial charge is 0.480 e. The number of nitrogen functional groups attached to an aromatic ring is 1. The molecule has 2 atom stereocenters. The Morgan fingerprint density at radius 3 is 2.53 bits per heavy atom. The highest BCUT2D eigenvalue weighted by atomic mass is 35.5. The van der Waals surface area contributed by atoms with E-state index in [-0.39, 0.29) is 36.2 Å². The number of halogens is 3. The molecule has 0 unspecified atom stereocenters. The molecule has 2 N–H and O–H groups in total. The van der Waals surface area contributed by atoms with Gasteiger partial charge in [-0.3, -0.25) is 9.69 Å². The molecule has 8 heteroatoms. The summed E-state index contributed by atoms with van der Waals surface area (Å²) in [6.45, 7) is 7.70. The van der Waals surface area contributed by atoms with Gasteiger partial charge in [0, 0.05) is 36.7 Å². The SMILES string of the molecule is Cc1c(Cl)cc(N)c(OCC(=O)N2C[C@H](C)N(Cc3ccc(F)cc3)C[C@H]2C)c1Cl. The minimum atomic E-state index is -0.243. The third-order valence-electron chi connectivity index (χ3n) is 5.51. The smallest absolute Gasteiger partial charge is 0.260 e. The maximum atomic E-state index is 13.1. The highest BCUT2D eigenvalue weighted by molar-refractivity contribution is 6.37.